The van der Waals surface area contributed by atoms with Gasteiger partial charge in [0, 0.05) is 24.5 Å². The fraction of sp³-hybridized carbons (Fsp3) is 0.600. The molecule has 1 heterocycles. The summed E-state index contributed by atoms with van der Waals surface area (Å²) in [5.41, 5.74) is 7.00. The van der Waals surface area contributed by atoms with Crippen LogP contribution in [0.25, 0.3) is 0 Å². The number of rotatable bonds is 3. The van der Waals surface area contributed by atoms with Crippen LogP contribution in [0.4, 0.5) is 0 Å². The zero-order chi connectivity index (χ0) is 13.2. The number of nitrogens with one attached hydrogen (secondary N) is 1. The molecule has 102 valence electrons. The number of amides is 1. The molecule has 0 bridgehead atoms. The number of carbonyl (C=O) groups is 1. The summed E-state index contributed by atoms with van der Waals surface area (Å²) in [6.07, 6.45) is 8.41. The molecule has 19 heavy (non-hydrogen) atoms. The van der Waals surface area contributed by atoms with Crippen LogP contribution < -0.4 is 11.1 Å². The first-order valence-electron chi connectivity index (χ1n) is 7.14. The average Bonchev–Trinajstić information content (AvgIpc) is 2.86. The molecule has 2 saturated carbocycles. The maximum Gasteiger partial charge on any atom is 0.224 e. The zero-order valence-corrected chi connectivity index (χ0v) is 11.1. The topological polar surface area (TPSA) is 68.0 Å². The predicted molar refractivity (Wildman–Crippen MR) is 73.3 cm³/mol. The van der Waals surface area contributed by atoms with Crippen molar-refractivity contribution in [2.75, 3.05) is 0 Å². The summed E-state index contributed by atoms with van der Waals surface area (Å²) in [4.78, 5) is 16.0. The van der Waals surface area contributed by atoms with E-state index in [4.69, 9.17) is 5.73 Å². The molecule has 4 heteroatoms. The van der Waals surface area contributed by atoms with Crippen molar-refractivity contribution >= 4 is 5.91 Å². The summed E-state index contributed by atoms with van der Waals surface area (Å²) in [6.45, 7) is 0. The average molecular weight is 259 g/mol. The van der Waals surface area contributed by atoms with Crippen LogP contribution in [0.1, 0.15) is 31.2 Å². The highest BCUT2D eigenvalue weighted by atomic mass is 16.1. The number of hydrogen-bond donors (Lipinski definition) is 2. The molecule has 3 N–H and O–H groups in total. The highest BCUT2D eigenvalue weighted by molar-refractivity contribution is 5.78. The number of pyridine rings is 1. The quantitative estimate of drug-likeness (QED) is 0.858. The van der Waals surface area contributed by atoms with Gasteiger partial charge in [0.2, 0.25) is 5.91 Å². The normalized spacial score (nSPS) is 33.1. The molecular formula is C15H21N3O. The number of nitrogens with two attached hydrogens (primary N) is 1. The van der Waals surface area contributed by atoms with E-state index in [2.05, 4.69) is 10.3 Å². The van der Waals surface area contributed by atoms with E-state index in [1.54, 1.807) is 12.4 Å². The Morgan fingerprint density at radius 2 is 1.84 bits per heavy atom. The Kier molecular flexibility index (Phi) is 3.51. The van der Waals surface area contributed by atoms with E-state index in [0.29, 0.717) is 18.5 Å². The van der Waals surface area contributed by atoms with Crippen LogP contribution in [-0.4, -0.2) is 23.0 Å². The summed E-state index contributed by atoms with van der Waals surface area (Å²) in [5, 5.41) is 3.17. The Hall–Kier alpha value is -1.42. The summed E-state index contributed by atoms with van der Waals surface area (Å²) in [5.74, 6) is 1.60. The van der Waals surface area contributed by atoms with Crippen LogP contribution in [0.15, 0.2) is 24.5 Å². The highest BCUT2D eigenvalue weighted by Crippen LogP contribution is 2.43. The monoisotopic (exact) mass is 259 g/mol. The van der Waals surface area contributed by atoms with Gasteiger partial charge < -0.3 is 11.1 Å². The van der Waals surface area contributed by atoms with Gasteiger partial charge >= 0.3 is 0 Å². The number of fused-ring (bicyclic) bond motifs is 1. The molecule has 2 fully saturated rings. The van der Waals surface area contributed by atoms with Crippen LogP contribution in [0.3, 0.4) is 0 Å². The lowest BCUT2D eigenvalue weighted by Gasteiger charge is -2.14. The van der Waals surface area contributed by atoms with Gasteiger partial charge in [0.25, 0.3) is 0 Å². The minimum Gasteiger partial charge on any atom is -0.353 e. The second kappa shape index (κ2) is 5.29. The standard InChI is InChI=1S/C15H21N3O/c16-13-6-11-8-14(9-12(11)7-13)18-15(19)5-10-1-3-17-4-2-10/h1-4,11-14H,5-9,16H2,(H,18,19). The van der Waals surface area contributed by atoms with E-state index < -0.39 is 0 Å². The maximum absolute atomic E-state index is 12.0. The Labute approximate surface area is 113 Å². The van der Waals surface area contributed by atoms with Gasteiger partial charge in [-0.25, -0.2) is 0 Å². The van der Waals surface area contributed by atoms with E-state index in [0.717, 1.165) is 43.1 Å². The lowest BCUT2D eigenvalue weighted by Crippen LogP contribution is -2.35. The van der Waals surface area contributed by atoms with Crippen molar-refractivity contribution in [2.45, 2.75) is 44.2 Å². The third kappa shape index (κ3) is 2.95. The molecule has 0 aliphatic heterocycles. The van der Waals surface area contributed by atoms with Gasteiger partial charge in [0.1, 0.15) is 0 Å². The third-order valence-electron chi connectivity index (χ3n) is 4.53. The molecule has 2 unspecified atom stereocenters. The fourth-order valence-corrected chi connectivity index (χ4v) is 3.75. The van der Waals surface area contributed by atoms with Crippen molar-refractivity contribution in [2.24, 2.45) is 17.6 Å². The Bertz CT molecular complexity index is 434. The van der Waals surface area contributed by atoms with E-state index in [1.165, 1.54) is 0 Å². The first-order chi connectivity index (χ1) is 9.20. The van der Waals surface area contributed by atoms with Crippen LogP contribution in [0.2, 0.25) is 0 Å². The molecule has 3 rings (SSSR count). The minimum absolute atomic E-state index is 0.125. The van der Waals surface area contributed by atoms with Crippen LogP contribution >= 0.6 is 0 Å². The molecule has 0 radical (unpaired) electrons. The summed E-state index contributed by atoms with van der Waals surface area (Å²) >= 11 is 0. The molecule has 1 amide bonds. The van der Waals surface area contributed by atoms with Crippen molar-refractivity contribution in [3.8, 4) is 0 Å². The molecule has 1 aromatic heterocycles. The predicted octanol–water partition coefficient (Wildman–Crippen LogP) is 1.26. The van der Waals surface area contributed by atoms with Gasteiger partial charge in [0.15, 0.2) is 0 Å². The zero-order valence-electron chi connectivity index (χ0n) is 11.1. The molecule has 2 atom stereocenters. The third-order valence-corrected chi connectivity index (χ3v) is 4.53. The molecule has 0 spiro atoms. The van der Waals surface area contributed by atoms with Gasteiger partial charge in [0.05, 0.1) is 6.42 Å². The lowest BCUT2D eigenvalue weighted by atomic mass is 10.0. The molecule has 0 saturated heterocycles. The van der Waals surface area contributed by atoms with Crippen molar-refractivity contribution in [3.63, 3.8) is 0 Å². The van der Waals surface area contributed by atoms with E-state index in [9.17, 15) is 4.79 Å². The largest absolute Gasteiger partial charge is 0.353 e. The van der Waals surface area contributed by atoms with Gasteiger partial charge in [-0.3, -0.25) is 9.78 Å². The van der Waals surface area contributed by atoms with Crippen molar-refractivity contribution in [1.29, 1.82) is 0 Å². The first-order valence-corrected chi connectivity index (χ1v) is 7.14. The number of nitrogens with zero attached hydrogens (tertiary/aromatic N) is 1. The van der Waals surface area contributed by atoms with Crippen molar-refractivity contribution in [1.82, 2.24) is 10.3 Å². The lowest BCUT2D eigenvalue weighted by molar-refractivity contribution is -0.121. The minimum atomic E-state index is 0.125. The Morgan fingerprint density at radius 1 is 1.21 bits per heavy atom. The maximum atomic E-state index is 12.0. The van der Waals surface area contributed by atoms with E-state index in [1.807, 2.05) is 12.1 Å². The first kappa shape index (κ1) is 12.6. The van der Waals surface area contributed by atoms with Crippen molar-refractivity contribution in [3.05, 3.63) is 30.1 Å². The van der Waals surface area contributed by atoms with Crippen LogP contribution in [-0.2, 0) is 11.2 Å². The molecule has 4 nitrogen and oxygen atoms in total. The number of hydrogen-bond acceptors (Lipinski definition) is 3. The number of aromatic nitrogens is 1. The smallest absolute Gasteiger partial charge is 0.224 e. The van der Waals surface area contributed by atoms with Crippen LogP contribution in [0, 0.1) is 11.8 Å². The Morgan fingerprint density at radius 3 is 2.47 bits per heavy atom. The van der Waals surface area contributed by atoms with Gasteiger partial charge in [-0.05, 0) is 55.2 Å². The molecule has 1 aromatic rings. The van der Waals surface area contributed by atoms with Crippen molar-refractivity contribution < 1.29 is 4.79 Å². The molecule has 2 aliphatic carbocycles. The summed E-state index contributed by atoms with van der Waals surface area (Å²) < 4.78 is 0. The van der Waals surface area contributed by atoms with Gasteiger partial charge in [-0.1, -0.05) is 0 Å². The second-order valence-corrected chi connectivity index (χ2v) is 6.02. The SMILES string of the molecule is NC1CC2CC(NC(=O)Cc3ccncc3)CC2C1. The summed E-state index contributed by atoms with van der Waals surface area (Å²) in [6, 6.07) is 4.53. The highest BCUT2D eigenvalue weighted by Gasteiger charge is 2.40. The molecule has 2 aliphatic rings. The van der Waals surface area contributed by atoms with Crippen LogP contribution in [0.5, 0.6) is 0 Å². The van der Waals surface area contributed by atoms with Gasteiger partial charge in [-0.15, -0.1) is 0 Å². The molecular weight excluding hydrogens is 238 g/mol. The molecule has 0 aromatic carbocycles. The van der Waals surface area contributed by atoms with Gasteiger partial charge in [-0.2, -0.15) is 0 Å². The van der Waals surface area contributed by atoms with E-state index >= 15 is 0 Å². The number of carbonyl (C=O) groups excluding carboxylic acids is 1. The van der Waals surface area contributed by atoms with E-state index in [-0.39, 0.29) is 5.91 Å². The fourth-order valence-electron chi connectivity index (χ4n) is 3.75. The Balaban J connectivity index is 1.49. The second-order valence-electron chi connectivity index (χ2n) is 6.02. The summed E-state index contributed by atoms with van der Waals surface area (Å²) in [7, 11) is 0.